The Kier molecular flexibility index (Phi) is 5.61. The molecule has 1 aliphatic rings. The summed E-state index contributed by atoms with van der Waals surface area (Å²) in [6.07, 6.45) is 3.82. The third kappa shape index (κ3) is 4.06. The van der Waals surface area contributed by atoms with E-state index in [2.05, 4.69) is 42.8 Å². The predicted octanol–water partition coefficient (Wildman–Crippen LogP) is 2.99. The number of aromatic nitrogens is 2. The van der Waals surface area contributed by atoms with E-state index in [1.165, 1.54) is 24.1 Å². The van der Waals surface area contributed by atoms with Crippen molar-refractivity contribution in [1.82, 2.24) is 15.1 Å². The molecule has 0 spiro atoms. The van der Waals surface area contributed by atoms with Gasteiger partial charge in [-0.2, -0.15) is 5.10 Å². The molecule has 1 N–H and O–H groups in total. The molecular weight excluding hydrogens is 250 g/mol. The molecule has 2 rings (SSSR count). The third-order valence-corrected chi connectivity index (χ3v) is 4.14. The van der Waals surface area contributed by atoms with Crippen molar-refractivity contribution in [2.45, 2.75) is 59.5 Å². The summed E-state index contributed by atoms with van der Waals surface area (Å²) >= 11 is 0. The van der Waals surface area contributed by atoms with Crippen LogP contribution in [0.5, 0.6) is 0 Å². The molecule has 0 saturated heterocycles. The minimum Gasteiger partial charge on any atom is -0.381 e. The summed E-state index contributed by atoms with van der Waals surface area (Å²) in [5.41, 5.74) is 3.79. The summed E-state index contributed by atoms with van der Waals surface area (Å²) in [4.78, 5) is 0. The van der Waals surface area contributed by atoms with Crippen LogP contribution in [0.1, 0.15) is 56.1 Å². The summed E-state index contributed by atoms with van der Waals surface area (Å²) in [6, 6.07) is 0.360. The number of aryl methyl sites for hydroxylation is 2. The third-order valence-electron chi connectivity index (χ3n) is 4.14. The second kappa shape index (κ2) is 7.23. The molecule has 1 aromatic rings. The number of hydrogen-bond acceptors (Lipinski definition) is 3. The van der Waals surface area contributed by atoms with Crippen LogP contribution >= 0.6 is 0 Å². The Morgan fingerprint density at radius 3 is 2.75 bits per heavy atom. The van der Waals surface area contributed by atoms with Crippen LogP contribution in [0.3, 0.4) is 0 Å². The molecule has 1 fully saturated rings. The highest BCUT2D eigenvalue weighted by atomic mass is 16.5. The van der Waals surface area contributed by atoms with Gasteiger partial charge in [0.2, 0.25) is 0 Å². The lowest BCUT2D eigenvalue weighted by Crippen LogP contribution is -2.22. The van der Waals surface area contributed by atoms with Crippen molar-refractivity contribution in [2.75, 3.05) is 19.8 Å². The number of nitrogens with zero attached hydrogens (tertiary/aromatic N) is 2. The fraction of sp³-hybridized carbons (Fsp3) is 0.812. The molecule has 0 radical (unpaired) electrons. The molecule has 0 aromatic carbocycles. The fourth-order valence-electron chi connectivity index (χ4n) is 2.77. The Labute approximate surface area is 122 Å². The number of ether oxygens (including phenoxy) is 1. The average molecular weight is 279 g/mol. The van der Waals surface area contributed by atoms with Gasteiger partial charge < -0.3 is 10.1 Å². The maximum absolute atomic E-state index is 5.66. The molecule has 1 aromatic heterocycles. The van der Waals surface area contributed by atoms with Crippen molar-refractivity contribution in [3.63, 3.8) is 0 Å². The molecule has 1 heterocycles. The van der Waals surface area contributed by atoms with E-state index in [1.54, 1.807) is 0 Å². The first-order chi connectivity index (χ1) is 9.63. The Bertz CT molecular complexity index is 424. The quantitative estimate of drug-likeness (QED) is 0.706. The van der Waals surface area contributed by atoms with Gasteiger partial charge in [-0.25, -0.2) is 0 Å². The first kappa shape index (κ1) is 15.5. The van der Waals surface area contributed by atoms with Crippen LogP contribution in [0.25, 0.3) is 0 Å². The molecule has 0 aliphatic heterocycles. The molecule has 4 heteroatoms. The molecule has 1 atom stereocenters. The van der Waals surface area contributed by atoms with Crippen molar-refractivity contribution in [2.24, 2.45) is 5.92 Å². The largest absolute Gasteiger partial charge is 0.381 e. The van der Waals surface area contributed by atoms with Crippen molar-refractivity contribution >= 4 is 0 Å². The second-order valence-electron chi connectivity index (χ2n) is 5.95. The highest BCUT2D eigenvalue weighted by molar-refractivity contribution is 5.27. The fourth-order valence-corrected chi connectivity index (χ4v) is 2.77. The zero-order valence-electron chi connectivity index (χ0n) is 13.4. The van der Waals surface area contributed by atoms with Gasteiger partial charge in [0.05, 0.1) is 5.69 Å². The van der Waals surface area contributed by atoms with E-state index in [0.29, 0.717) is 6.04 Å². The van der Waals surface area contributed by atoms with Gasteiger partial charge in [-0.1, -0.05) is 0 Å². The van der Waals surface area contributed by atoms with Crippen LogP contribution in [-0.4, -0.2) is 29.5 Å². The number of rotatable bonds is 9. The summed E-state index contributed by atoms with van der Waals surface area (Å²) < 4.78 is 7.74. The van der Waals surface area contributed by atoms with Gasteiger partial charge in [0.1, 0.15) is 0 Å². The highest BCUT2D eigenvalue weighted by Gasteiger charge is 2.21. The van der Waals surface area contributed by atoms with Gasteiger partial charge in [0.25, 0.3) is 0 Å². The second-order valence-corrected chi connectivity index (χ2v) is 5.95. The Hall–Kier alpha value is -0.870. The van der Waals surface area contributed by atoms with E-state index in [-0.39, 0.29) is 0 Å². The lowest BCUT2D eigenvalue weighted by Gasteiger charge is -2.15. The first-order valence-electron chi connectivity index (χ1n) is 7.98. The van der Waals surface area contributed by atoms with Crippen molar-refractivity contribution < 1.29 is 4.74 Å². The summed E-state index contributed by atoms with van der Waals surface area (Å²) in [5.74, 6) is 0.868. The minimum atomic E-state index is 0.360. The van der Waals surface area contributed by atoms with Gasteiger partial charge >= 0.3 is 0 Å². The van der Waals surface area contributed by atoms with Crippen molar-refractivity contribution in [3.8, 4) is 0 Å². The van der Waals surface area contributed by atoms with Crippen molar-refractivity contribution in [1.29, 1.82) is 0 Å². The van der Waals surface area contributed by atoms with Crippen molar-refractivity contribution in [3.05, 3.63) is 17.0 Å². The van der Waals surface area contributed by atoms with Gasteiger partial charge in [-0.15, -0.1) is 0 Å². The van der Waals surface area contributed by atoms with Crippen LogP contribution in [-0.2, 0) is 11.3 Å². The summed E-state index contributed by atoms with van der Waals surface area (Å²) in [6.45, 7) is 12.4. The Morgan fingerprint density at radius 2 is 2.15 bits per heavy atom. The normalized spacial score (nSPS) is 16.6. The van der Waals surface area contributed by atoms with Gasteiger partial charge in [-0.3, -0.25) is 4.68 Å². The minimum absolute atomic E-state index is 0.360. The molecule has 1 aliphatic carbocycles. The topological polar surface area (TPSA) is 39.1 Å². The van der Waals surface area contributed by atoms with Gasteiger partial charge in [-0.05, 0) is 59.4 Å². The highest BCUT2D eigenvalue weighted by Crippen LogP contribution is 2.28. The van der Waals surface area contributed by atoms with Gasteiger partial charge in [0.15, 0.2) is 0 Å². The molecule has 4 nitrogen and oxygen atoms in total. The van der Waals surface area contributed by atoms with Crippen LogP contribution in [0.15, 0.2) is 0 Å². The zero-order valence-corrected chi connectivity index (χ0v) is 13.4. The van der Waals surface area contributed by atoms with Crippen LogP contribution in [0, 0.1) is 19.8 Å². The predicted molar refractivity (Wildman–Crippen MR) is 82.0 cm³/mol. The van der Waals surface area contributed by atoms with Crippen LogP contribution in [0.2, 0.25) is 0 Å². The standard InChI is InChI=1S/C16H29N3O/c1-5-19-14(4)16(13(3)18-19)12(2)17-9-6-10-20-11-15-7-8-15/h12,15,17H,5-11H2,1-4H3. The lowest BCUT2D eigenvalue weighted by atomic mass is 10.1. The molecule has 1 saturated carbocycles. The number of nitrogens with one attached hydrogen (secondary N) is 1. The zero-order chi connectivity index (χ0) is 14.5. The van der Waals surface area contributed by atoms with Gasteiger partial charge in [0, 0.05) is 37.1 Å². The molecule has 114 valence electrons. The lowest BCUT2D eigenvalue weighted by molar-refractivity contribution is 0.121. The molecule has 0 bridgehead atoms. The maximum atomic E-state index is 5.66. The van der Waals surface area contributed by atoms with Crippen LogP contribution in [0.4, 0.5) is 0 Å². The van der Waals surface area contributed by atoms with E-state index in [4.69, 9.17) is 4.74 Å². The maximum Gasteiger partial charge on any atom is 0.0644 e. The molecule has 0 amide bonds. The average Bonchev–Trinajstić information content (AvgIpc) is 3.19. The Morgan fingerprint density at radius 1 is 1.40 bits per heavy atom. The molecular formula is C16H29N3O. The Balaban J connectivity index is 1.70. The van der Waals surface area contributed by atoms with E-state index in [1.807, 2.05) is 0 Å². The smallest absolute Gasteiger partial charge is 0.0644 e. The van der Waals surface area contributed by atoms with E-state index < -0.39 is 0 Å². The SMILES string of the molecule is CCn1nc(C)c(C(C)NCCCOCC2CC2)c1C. The first-order valence-corrected chi connectivity index (χ1v) is 7.98. The number of hydrogen-bond donors (Lipinski definition) is 1. The van der Waals surface area contributed by atoms with E-state index >= 15 is 0 Å². The molecule has 1 unspecified atom stereocenters. The summed E-state index contributed by atoms with van der Waals surface area (Å²) in [5, 5.41) is 8.17. The van der Waals surface area contributed by atoms with E-state index in [0.717, 1.165) is 44.3 Å². The van der Waals surface area contributed by atoms with E-state index in [9.17, 15) is 0 Å². The summed E-state index contributed by atoms with van der Waals surface area (Å²) in [7, 11) is 0. The molecule has 20 heavy (non-hydrogen) atoms. The monoisotopic (exact) mass is 279 g/mol. The van der Waals surface area contributed by atoms with Crippen LogP contribution < -0.4 is 5.32 Å².